The van der Waals surface area contributed by atoms with Crippen molar-refractivity contribution in [2.45, 2.75) is 5.92 Å². The van der Waals surface area contributed by atoms with Crippen LogP contribution in [0.1, 0.15) is 11.5 Å². The van der Waals surface area contributed by atoms with Gasteiger partial charge in [0.2, 0.25) is 5.91 Å². The molecular formula is C15H14FN3O2. The molecule has 2 rings (SSSR count). The van der Waals surface area contributed by atoms with Crippen LogP contribution in [0.15, 0.2) is 59.8 Å². The molecule has 0 spiro atoms. The molecule has 1 atom stereocenters. The zero-order chi connectivity index (χ0) is 15.2. The van der Waals surface area contributed by atoms with Crippen molar-refractivity contribution in [2.75, 3.05) is 5.32 Å². The van der Waals surface area contributed by atoms with Crippen LogP contribution in [0.3, 0.4) is 0 Å². The summed E-state index contributed by atoms with van der Waals surface area (Å²) in [5, 5.41) is 14.2. The number of nitrogens with zero attached hydrogens (tertiary/aromatic N) is 1. The molecule has 0 heterocycles. The van der Waals surface area contributed by atoms with E-state index in [1.54, 1.807) is 36.4 Å². The number of amides is 1. The fourth-order valence-corrected chi connectivity index (χ4v) is 1.93. The smallest absolute Gasteiger partial charge is 0.239 e. The van der Waals surface area contributed by atoms with Crippen molar-refractivity contribution >= 4 is 17.4 Å². The maximum absolute atomic E-state index is 13.6. The Morgan fingerprint density at radius 3 is 2.38 bits per heavy atom. The van der Waals surface area contributed by atoms with Crippen molar-refractivity contribution in [1.82, 2.24) is 0 Å². The second-order valence-corrected chi connectivity index (χ2v) is 4.34. The standard InChI is InChI=1S/C15H14FN3O2/c16-11-8-4-5-9-12(11)18-15(20)13(14(17)19-21)10-6-2-1-3-7-10/h1-9,13,21H,(H2,17,19)(H,18,20). The van der Waals surface area contributed by atoms with E-state index in [-0.39, 0.29) is 11.5 Å². The Kier molecular flexibility index (Phi) is 4.50. The van der Waals surface area contributed by atoms with Gasteiger partial charge in [-0.3, -0.25) is 4.79 Å². The van der Waals surface area contributed by atoms with Gasteiger partial charge in [0.15, 0.2) is 5.84 Å². The Balaban J connectivity index is 2.30. The summed E-state index contributed by atoms with van der Waals surface area (Å²) in [5.74, 6) is -2.41. The van der Waals surface area contributed by atoms with Crippen LogP contribution in [-0.4, -0.2) is 17.0 Å². The lowest BCUT2D eigenvalue weighted by Gasteiger charge is -2.16. The van der Waals surface area contributed by atoms with Crippen molar-refractivity contribution in [3.63, 3.8) is 0 Å². The summed E-state index contributed by atoms with van der Waals surface area (Å²) in [4.78, 5) is 12.3. The highest BCUT2D eigenvalue weighted by Crippen LogP contribution is 2.20. The van der Waals surface area contributed by atoms with Gasteiger partial charge in [-0.05, 0) is 17.7 Å². The molecule has 0 fully saturated rings. The molecule has 0 aliphatic carbocycles. The zero-order valence-electron chi connectivity index (χ0n) is 11.0. The van der Waals surface area contributed by atoms with Gasteiger partial charge in [0.05, 0.1) is 5.69 Å². The molecular weight excluding hydrogens is 273 g/mol. The molecule has 4 N–H and O–H groups in total. The van der Waals surface area contributed by atoms with Crippen LogP contribution in [0.4, 0.5) is 10.1 Å². The Bertz CT molecular complexity index is 659. The van der Waals surface area contributed by atoms with Crippen LogP contribution in [0, 0.1) is 5.82 Å². The summed E-state index contributed by atoms with van der Waals surface area (Å²) in [7, 11) is 0. The highest BCUT2D eigenvalue weighted by atomic mass is 19.1. The van der Waals surface area contributed by atoms with E-state index in [9.17, 15) is 9.18 Å². The minimum atomic E-state index is -1.00. The van der Waals surface area contributed by atoms with Gasteiger partial charge in [0.25, 0.3) is 0 Å². The van der Waals surface area contributed by atoms with E-state index < -0.39 is 17.6 Å². The average molecular weight is 287 g/mol. The molecule has 5 nitrogen and oxygen atoms in total. The van der Waals surface area contributed by atoms with E-state index in [0.29, 0.717) is 5.56 Å². The van der Waals surface area contributed by atoms with Gasteiger partial charge in [-0.25, -0.2) is 4.39 Å². The molecule has 0 saturated heterocycles. The number of anilines is 1. The monoisotopic (exact) mass is 287 g/mol. The van der Waals surface area contributed by atoms with Crippen LogP contribution in [0.25, 0.3) is 0 Å². The molecule has 2 aromatic carbocycles. The van der Waals surface area contributed by atoms with Crippen molar-refractivity contribution in [2.24, 2.45) is 10.9 Å². The summed E-state index contributed by atoms with van der Waals surface area (Å²) in [6.07, 6.45) is 0. The molecule has 0 aromatic heterocycles. The number of nitrogens with one attached hydrogen (secondary N) is 1. The predicted octanol–water partition coefficient (Wildman–Crippen LogP) is 2.29. The van der Waals surface area contributed by atoms with Gasteiger partial charge >= 0.3 is 0 Å². The maximum atomic E-state index is 13.6. The quantitative estimate of drug-likeness (QED) is 0.349. The van der Waals surface area contributed by atoms with Crippen LogP contribution in [-0.2, 0) is 4.79 Å². The minimum absolute atomic E-state index is 0.0363. The van der Waals surface area contributed by atoms with E-state index in [1.807, 2.05) is 0 Å². The van der Waals surface area contributed by atoms with Crippen molar-refractivity contribution < 1.29 is 14.4 Å². The second kappa shape index (κ2) is 6.51. The summed E-state index contributed by atoms with van der Waals surface area (Å²) in [6.45, 7) is 0. The zero-order valence-corrected chi connectivity index (χ0v) is 11.0. The van der Waals surface area contributed by atoms with Gasteiger partial charge < -0.3 is 16.3 Å². The van der Waals surface area contributed by atoms with Gasteiger partial charge in [-0.15, -0.1) is 0 Å². The maximum Gasteiger partial charge on any atom is 0.239 e. The molecule has 6 heteroatoms. The topological polar surface area (TPSA) is 87.7 Å². The third kappa shape index (κ3) is 3.36. The van der Waals surface area contributed by atoms with Gasteiger partial charge in [0.1, 0.15) is 11.7 Å². The average Bonchev–Trinajstić information content (AvgIpc) is 2.50. The molecule has 0 saturated carbocycles. The van der Waals surface area contributed by atoms with E-state index in [1.165, 1.54) is 18.2 Å². The van der Waals surface area contributed by atoms with Crippen molar-refractivity contribution in [3.05, 3.63) is 66.0 Å². The number of rotatable bonds is 4. The van der Waals surface area contributed by atoms with E-state index in [2.05, 4.69) is 10.5 Å². The molecule has 0 bridgehead atoms. The Hall–Kier alpha value is -2.89. The fourth-order valence-electron chi connectivity index (χ4n) is 1.93. The van der Waals surface area contributed by atoms with Gasteiger partial charge in [0, 0.05) is 0 Å². The number of carbonyl (C=O) groups is 1. The first-order valence-corrected chi connectivity index (χ1v) is 6.21. The molecule has 108 valence electrons. The number of benzene rings is 2. The van der Waals surface area contributed by atoms with E-state index in [4.69, 9.17) is 10.9 Å². The van der Waals surface area contributed by atoms with Crippen molar-refractivity contribution in [3.8, 4) is 0 Å². The molecule has 1 unspecified atom stereocenters. The molecule has 0 aliphatic heterocycles. The summed E-state index contributed by atoms with van der Waals surface area (Å²) < 4.78 is 13.6. The summed E-state index contributed by atoms with van der Waals surface area (Å²) in [5.41, 5.74) is 6.17. The summed E-state index contributed by atoms with van der Waals surface area (Å²) >= 11 is 0. The predicted molar refractivity (Wildman–Crippen MR) is 77.6 cm³/mol. The van der Waals surface area contributed by atoms with Crippen LogP contribution in [0.5, 0.6) is 0 Å². The number of carbonyl (C=O) groups excluding carboxylic acids is 1. The minimum Gasteiger partial charge on any atom is -0.409 e. The first-order valence-electron chi connectivity index (χ1n) is 6.21. The number of nitrogens with two attached hydrogens (primary N) is 1. The Morgan fingerprint density at radius 2 is 1.76 bits per heavy atom. The number of hydrogen-bond acceptors (Lipinski definition) is 3. The number of amidine groups is 1. The number of halogens is 1. The number of para-hydroxylation sites is 1. The fraction of sp³-hybridized carbons (Fsp3) is 0.0667. The highest BCUT2D eigenvalue weighted by molar-refractivity contribution is 6.12. The lowest BCUT2D eigenvalue weighted by molar-refractivity contribution is -0.116. The van der Waals surface area contributed by atoms with Gasteiger partial charge in [-0.1, -0.05) is 47.6 Å². The lowest BCUT2D eigenvalue weighted by atomic mass is 9.97. The van der Waals surface area contributed by atoms with Gasteiger partial charge in [-0.2, -0.15) is 0 Å². The first kappa shape index (κ1) is 14.5. The third-order valence-corrected chi connectivity index (χ3v) is 2.94. The number of hydrogen-bond donors (Lipinski definition) is 3. The lowest BCUT2D eigenvalue weighted by Crippen LogP contribution is -2.33. The molecule has 2 aromatic rings. The molecule has 21 heavy (non-hydrogen) atoms. The number of oxime groups is 1. The van der Waals surface area contributed by atoms with E-state index >= 15 is 0 Å². The van der Waals surface area contributed by atoms with Crippen LogP contribution >= 0.6 is 0 Å². The largest absolute Gasteiger partial charge is 0.409 e. The van der Waals surface area contributed by atoms with Crippen LogP contribution in [0.2, 0.25) is 0 Å². The summed E-state index contributed by atoms with van der Waals surface area (Å²) in [6, 6.07) is 14.3. The molecule has 0 aliphatic rings. The SMILES string of the molecule is NC(=NO)C(C(=O)Nc1ccccc1F)c1ccccc1. The third-order valence-electron chi connectivity index (χ3n) is 2.94. The molecule has 1 amide bonds. The van der Waals surface area contributed by atoms with Crippen LogP contribution < -0.4 is 11.1 Å². The van der Waals surface area contributed by atoms with E-state index in [0.717, 1.165) is 0 Å². The molecule has 0 radical (unpaired) electrons. The van der Waals surface area contributed by atoms with Crippen molar-refractivity contribution in [1.29, 1.82) is 0 Å². The Morgan fingerprint density at radius 1 is 1.14 bits per heavy atom. The first-order chi connectivity index (χ1) is 10.1. The highest BCUT2D eigenvalue weighted by Gasteiger charge is 2.25. The second-order valence-electron chi connectivity index (χ2n) is 4.34. The normalized spacial score (nSPS) is 12.7. The Labute approximate surface area is 120 Å².